The van der Waals surface area contributed by atoms with E-state index < -0.39 is 24.3 Å². The summed E-state index contributed by atoms with van der Waals surface area (Å²) in [6.07, 6.45) is 2.18. The zero-order valence-electron chi connectivity index (χ0n) is 25.2. The number of halogens is 1. The number of piperidine rings is 1. The Kier molecular flexibility index (Phi) is 7.46. The number of nitrogens with zero attached hydrogens (tertiary/aromatic N) is 6. The van der Waals surface area contributed by atoms with E-state index in [9.17, 15) is 19.4 Å². The van der Waals surface area contributed by atoms with E-state index in [4.69, 9.17) is 28.8 Å². The molecule has 1 unspecified atom stereocenters. The summed E-state index contributed by atoms with van der Waals surface area (Å²) in [6, 6.07) is 11.4. The standard InChI is InChI=1S/C33H35FN6O6/c34-19-7-8-23-24(16-19)40-20-9-12-38(13-10-20)28(41)6-3-14-44-15-11-27-36-29-22-4-1-2-5-26(22)46-30(29)31(37-27)39-18-21(45-33(40)35-23)17-25(39)32(42)43/h1-2,4-5,7-8,16,20-21,25,28,41H,3,6,9-15,17-18H2,(H,42,43)/t21-,25-,28?/m0/s1. The minimum absolute atomic E-state index is 0.0356. The maximum atomic E-state index is 14.5. The molecule has 0 saturated carbocycles. The van der Waals surface area contributed by atoms with Gasteiger partial charge in [0.2, 0.25) is 0 Å². The van der Waals surface area contributed by atoms with Gasteiger partial charge in [0.05, 0.1) is 24.2 Å². The molecule has 0 aliphatic carbocycles. The molecule has 9 rings (SSSR count). The summed E-state index contributed by atoms with van der Waals surface area (Å²) >= 11 is 0. The molecule has 4 aliphatic heterocycles. The number of carboxylic acids is 1. The molecule has 0 amide bonds. The first-order valence-corrected chi connectivity index (χ1v) is 15.9. The number of imidazole rings is 1. The number of hydrogen-bond donors (Lipinski definition) is 2. The monoisotopic (exact) mass is 630 g/mol. The summed E-state index contributed by atoms with van der Waals surface area (Å²) in [7, 11) is 0. The Balaban J connectivity index is 1.22. The van der Waals surface area contributed by atoms with Gasteiger partial charge in [-0.25, -0.2) is 19.2 Å². The second-order valence-electron chi connectivity index (χ2n) is 12.4. The summed E-state index contributed by atoms with van der Waals surface area (Å²) in [5.74, 6) is -0.456. The minimum Gasteiger partial charge on any atom is -0.480 e. The number of benzene rings is 2. The second-order valence-corrected chi connectivity index (χ2v) is 12.4. The molecule has 3 atom stereocenters. The number of carboxylic acid groups (broad SMARTS) is 1. The lowest BCUT2D eigenvalue weighted by atomic mass is 10.0. The molecule has 2 fully saturated rings. The van der Waals surface area contributed by atoms with E-state index in [1.165, 1.54) is 12.1 Å². The van der Waals surface area contributed by atoms with E-state index in [0.717, 1.165) is 5.39 Å². The molecule has 0 radical (unpaired) electrons. The van der Waals surface area contributed by atoms with Gasteiger partial charge in [-0.15, -0.1) is 0 Å². The summed E-state index contributed by atoms with van der Waals surface area (Å²) in [4.78, 5) is 30.9. The highest BCUT2D eigenvalue weighted by atomic mass is 19.1. The highest BCUT2D eigenvalue weighted by Gasteiger charge is 2.42. The van der Waals surface area contributed by atoms with Crippen molar-refractivity contribution in [1.29, 1.82) is 0 Å². The van der Waals surface area contributed by atoms with Crippen LogP contribution in [0, 0.1) is 5.82 Å². The van der Waals surface area contributed by atoms with Crippen LogP contribution < -0.4 is 9.64 Å². The molecule has 12 nitrogen and oxygen atoms in total. The van der Waals surface area contributed by atoms with E-state index in [0.29, 0.717) is 104 Å². The molecule has 46 heavy (non-hydrogen) atoms. The minimum atomic E-state index is -1.00. The summed E-state index contributed by atoms with van der Waals surface area (Å²) in [5, 5.41) is 22.1. The second kappa shape index (κ2) is 11.8. The van der Waals surface area contributed by atoms with Crippen LogP contribution in [0.2, 0.25) is 0 Å². The molecule has 0 spiro atoms. The Bertz CT molecular complexity index is 1920. The largest absolute Gasteiger partial charge is 0.480 e. The van der Waals surface area contributed by atoms with Crippen molar-refractivity contribution < 1.29 is 33.3 Å². The number of ether oxygens (including phenoxy) is 2. The summed E-state index contributed by atoms with van der Waals surface area (Å²) in [6.45, 7) is 2.42. The Morgan fingerprint density at radius 3 is 2.72 bits per heavy atom. The van der Waals surface area contributed by atoms with Gasteiger partial charge < -0.3 is 29.0 Å². The molecule has 2 N–H and O–H groups in total. The number of aliphatic hydroxyl groups is 1. The van der Waals surface area contributed by atoms with Crippen LogP contribution >= 0.6 is 0 Å². The number of aromatic nitrogens is 4. The highest BCUT2D eigenvalue weighted by molar-refractivity contribution is 6.06. The number of aliphatic carboxylic acids is 1. The summed E-state index contributed by atoms with van der Waals surface area (Å²) < 4.78 is 35.2. The van der Waals surface area contributed by atoms with Gasteiger partial charge in [0.1, 0.15) is 41.1 Å². The molecular weight excluding hydrogens is 595 g/mol. The third-order valence-corrected chi connectivity index (χ3v) is 9.47. The fourth-order valence-corrected chi connectivity index (χ4v) is 7.17. The van der Waals surface area contributed by atoms with E-state index >= 15 is 0 Å². The van der Waals surface area contributed by atoms with Crippen molar-refractivity contribution in [2.24, 2.45) is 0 Å². The first-order valence-electron chi connectivity index (χ1n) is 15.9. The van der Waals surface area contributed by atoms with Gasteiger partial charge in [0.25, 0.3) is 6.01 Å². The molecule has 7 heterocycles. The third-order valence-electron chi connectivity index (χ3n) is 9.47. The van der Waals surface area contributed by atoms with Crippen molar-refractivity contribution in [3.8, 4) is 6.01 Å². The van der Waals surface area contributed by atoms with Crippen LogP contribution in [0.15, 0.2) is 46.9 Å². The fraction of sp³-hybridized carbons (Fsp3) is 0.455. The van der Waals surface area contributed by atoms with Crippen LogP contribution in [0.3, 0.4) is 0 Å². The molecule has 2 saturated heterocycles. The Morgan fingerprint density at radius 1 is 1.02 bits per heavy atom. The first-order chi connectivity index (χ1) is 22.4. The third kappa shape index (κ3) is 5.21. The van der Waals surface area contributed by atoms with Crippen molar-refractivity contribution in [3.63, 3.8) is 0 Å². The zero-order valence-corrected chi connectivity index (χ0v) is 25.2. The van der Waals surface area contributed by atoms with Crippen LogP contribution in [-0.4, -0.2) is 91.8 Å². The van der Waals surface area contributed by atoms with E-state index in [1.54, 1.807) is 11.0 Å². The number of furan rings is 1. The van der Waals surface area contributed by atoms with Gasteiger partial charge in [0.15, 0.2) is 11.4 Å². The van der Waals surface area contributed by atoms with Crippen LogP contribution in [0.1, 0.15) is 44.0 Å². The average molecular weight is 631 g/mol. The van der Waals surface area contributed by atoms with Crippen molar-refractivity contribution in [1.82, 2.24) is 24.4 Å². The molecule has 2 aromatic carbocycles. The Labute approximate surface area is 263 Å². The normalized spacial score (nSPS) is 26.0. The van der Waals surface area contributed by atoms with Crippen molar-refractivity contribution in [2.75, 3.05) is 37.7 Å². The highest BCUT2D eigenvalue weighted by Crippen LogP contribution is 2.38. The van der Waals surface area contributed by atoms with E-state index in [-0.39, 0.29) is 24.8 Å². The topological polar surface area (TPSA) is 139 Å². The van der Waals surface area contributed by atoms with Crippen molar-refractivity contribution in [2.45, 2.75) is 62.9 Å². The molecule has 3 aromatic heterocycles. The number of aliphatic hydroxyl groups excluding tert-OH is 1. The van der Waals surface area contributed by atoms with Gasteiger partial charge in [-0.3, -0.25) is 9.47 Å². The number of hydrogen-bond acceptors (Lipinski definition) is 10. The van der Waals surface area contributed by atoms with E-state index in [1.807, 2.05) is 28.8 Å². The van der Waals surface area contributed by atoms with Crippen LogP contribution in [-0.2, 0) is 16.0 Å². The van der Waals surface area contributed by atoms with Gasteiger partial charge in [-0.05, 0) is 56.0 Å². The lowest BCUT2D eigenvalue weighted by Crippen LogP contribution is -2.42. The average Bonchev–Trinajstić information content (AvgIpc) is 3.75. The van der Waals surface area contributed by atoms with Crippen LogP contribution in [0.25, 0.3) is 33.1 Å². The maximum absolute atomic E-state index is 14.5. The smallest absolute Gasteiger partial charge is 0.326 e. The van der Waals surface area contributed by atoms with Gasteiger partial charge in [-0.2, -0.15) is 4.98 Å². The lowest BCUT2D eigenvalue weighted by molar-refractivity contribution is -0.138. The quantitative estimate of drug-likeness (QED) is 0.274. The van der Waals surface area contributed by atoms with Gasteiger partial charge in [0, 0.05) is 44.0 Å². The van der Waals surface area contributed by atoms with Crippen LogP contribution in [0.4, 0.5) is 10.2 Å². The van der Waals surface area contributed by atoms with Gasteiger partial charge in [-0.1, -0.05) is 12.1 Å². The fourth-order valence-electron chi connectivity index (χ4n) is 7.17. The molecule has 13 heteroatoms. The summed E-state index contributed by atoms with van der Waals surface area (Å²) in [5.41, 5.74) is 2.90. The Hall–Kier alpha value is -4.33. The molecule has 240 valence electrons. The number of carbonyl (C=O) groups is 1. The van der Waals surface area contributed by atoms with Crippen molar-refractivity contribution >= 4 is 44.9 Å². The predicted molar refractivity (Wildman–Crippen MR) is 166 cm³/mol. The number of anilines is 1. The first kappa shape index (κ1) is 29.1. The van der Waals surface area contributed by atoms with E-state index in [2.05, 4.69) is 4.90 Å². The number of rotatable bonds is 1. The molecule has 5 aromatic rings. The lowest BCUT2D eigenvalue weighted by Gasteiger charge is -2.36. The molecular formula is C33H35FN6O6. The molecule has 4 aliphatic rings. The molecule has 6 bridgehead atoms. The SMILES string of the molecule is O=C(O)[C@@H]1C[C@H]2CN1c1nc(nc3c1oc1ccccc13)CCOCCCC(O)N1CCC(CC1)n1c(nc3ccc(F)cc31)O2. The van der Waals surface area contributed by atoms with Crippen LogP contribution in [0.5, 0.6) is 6.01 Å². The number of fused-ring (bicyclic) bond motifs is 12. The predicted octanol–water partition coefficient (Wildman–Crippen LogP) is 4.28. The van der Waals surface area contributed by atoms with Crippen molar-refractivity contribution in [3.05, 3.63) is 54.1 Å². The maximum Gasteiger partial charge on any atom is 0.326 e. The number of para-hydroxylation sites is 1. The van der Waals surface area contributed by atoms with Gasteiger partial charge >= 0.3 is 5.97 Å². The Morgan fingerprint density at radius 2 is 1.87 bits per heavy atom. The zero-order chi connectivity index (χ0) is 31.4.